The Hall–Kier alpha value is -2.60. The summed E-state index contributed by atoms with van der Waals surface area (Å²) in [5.74, 6) is 0.961. The van der Waals surface area contributed by atoms with Gasteiger partial charge in [0.25, 0.3) is 0 Å². The molecule has 2 aromatic rings. The Labute approximate surface area is 171 Å². The van der Waals surface area contributed by atoms with Crippen LogP contribution in [0.1, 0.15) is 35.2 Å². The summed E-state index contributed by atoms with van der Waals surface area (Å²) in [5, 5.41) is 0. The second-order valence-electron chi connectivity index (χ2n) is 7.26. The number of ether oxygens (including phenoxy) is 3. The molecule has 1 aliphatic heterocycles. The molecule has 0 atom stereocenters. The number of Topliss-reactive ketones (excluding diaryl/α,β-unsaturated/α-hetero) is 1. The van der Waals surface area contributed by atoms with E-state index in [4.69, 9.17) is 14.2 Å². The van der Waals surface area contributed by atoms with Crippen molar-refractivity contribution in [2.75, 3.05) is 40.5 Å². The molecule has 0 unspecified atom stereocenters. The molecule has 1 heterocycles. The average molecular weight is 401 g/mol. The second-order valence-corrected chi connectivity index (χ2v) is 7.26. The van der Waals surface area contributed by atoms with Gasteiger partial charge in [-0.1, -0.05) is 12.1 Å². The summed E-state index contributed by atoms with van der Waals surface area (Å²) in [6.45, 7) is 2.38. The first-order valence-corrected chi connectivity index (χ1v) is 10.0. The molecule has 0 aromatic heterocycles. The number of rotatable bonds is 10. The van der Waals surface area contributed by atoms with Crippen LogP contribution in [-0.2, 0) is 6.42 Å². The number of aryl methyl sites for hydroxylation is 1. The molecule has 0 fully saturated rings. The number of likely N-dealkylation sites (N-methyl/N-ethyl adjacent to an activating group) is 1. The fourth-order valence-electron chi connectivity index (χ4n) is 3.34. The van der Waals surface area contributed by atoms with E-state index < -0.39 is 5.82 Å². The maximum Gasteiger partial charge on any atom is 0.172 e. The maximum atomic E-state index is 13.8. The lowest BCUT2D eigenvalue weighted by Crippen LogP contribution is -2.26. The van der Waals surface area contributed by atoms with Gasteiger partial charge >= 0.3 is 0 Å². The van der Waals surface area contributed by atoms with Crippen LogP contribution in [0, 0.1) is 5.82 Å². The van der Waals surface area contributed by atoms with Crippen molar-refractivity contribution in [1.82, 2.24) is 4.90 Å². The number of benzene rings is 2. The van der Waals surface area contributed by atoms with Crippen LogP contribution in [0.4, 0.5) is 4.39 Å². The van der Waals surface area contributed by atoms with E-state index >= 15 is 0 Å². The lowest BCUT2D eigenvalue weighted by atomic mass is 10.0. The molecule has 0 saturated carbocycles. The molecule has 0 radical (unpaired) electrons. The molecule has 0 bridgehead atoms. The molecule has 6 heteroatoms. The van der Waals surface area contributed by atoms with Crippen LogP contribution in [-0.4, -0.2) is 51.1 Å². The van der Waals surface area contributed by atoms with Crippen molar-refractivity contribution < 1.29 is 23.4 Å². The van der Waals surface area contributed by atoms with Crippen LogP contribution >= 0.6 is 0 Å². The number of unbranched alkanes of at least 4 members (excludes halogenated alkanes) is 1. The first-order chi connectivity index (χ1) is 14.1. The number of halogens is 1. The van der Waals surface area contributed by atoms with Crippen molar-refractivity contribution in [2.24, 2.45) is 0 Å². The normalized spacial score (nSPS) is 13.2. The molecule has 0 spiro atoms. The molecular weight excluding hydrogens is 373 g/mol. The molecule has 156 valence electrons. The van der Waals surface area contributed by atoms with E-state index in [0.717, 1.165) is 31.6 Å². The Morgan fingerprint density at radius 3 is 2.69 bits per heavy atom. The summed E-state index contributed by atoms with van der Waals surface area (Å²) >= 11 is 0. The second kappa shape index (κ2) is 10.3. The highest BCUT2D eigenvalue weighted by Crippen LogP contribution is 2.35. The van der Waals surface area contributed by atoms with Gasteiger partial charge in [-0.15, -0.1) is 0 Å². The van der Waals surface area contributed by atoms with E-state index in [-0.39, 0.29) is 17.8 Å². The minimum absolute atomic E-state index is 0.107. The Kier molecular flexibility index (Phi) is 7.47. The van der Waals surface area contributed by atoms with E-state index in [1.54, 1.807) is 7.11 Å². The Morgan fingerprint density at radius 1 is 1.14 bits per heavy atom. The van der Waals surface area contributed by atoms with Crippen LogP contribution in [0.5, 0.6) is 17.2 Å². The lowest BCUT2D eigenvalue weighted by Gasteiger charge is -2.21. The van der Waals surface area contributed by atoms with Crippen LogP contribution in [0.2, 0.25) is 0 Å². The lowest BCUT2D eigenvalue weighted by molar-refractivity contribution is 0.0927. The monoisotopic (exact) mass is 401 g/mol. The van der Waals surface area contributed by atoms with Gasteiger partial charge in [0, 0.05) is 19.0 Å². The van der Waals surface area contributed by atoms with Gasteiger partial charge in [0.15, 0.2) is 17.3 Å². The van der Waals surface area contributed by atoms with Crippen molar-refractivity contribution in [1.29, 1.82) is 0 Å². The highest BCUT2D eigenvalue weighted by atomic mass is 19.1. The topological polar surface area (TPSA) is 48.0 Å². The quantitative estimate of drug-likeness (QED) is 0.560. The van der Waals surface area contributed by atoms with Gasteiger partial charge in [-0.3, -0.25) is 4.79 Å². The van der Waals surface area contributed by atoms with Crippen molar-refractivity contribution in [3.63, 3.8) is 0 Å². The first kappa shape index (κ1) is 21.1. The number of carbonyl (C=O) groups excluding carboxylic acids is 1. The van der Waals surface area contributed by atoms with Gasteiger partial charge in [0.2, 0.25) is 0 Å². The van der Waals surface area contributed by atoms with Crippen molar-refractivity contribution in [3.05, 3.63) is 53.3 Å². The summed E-state index contributed by atoms with van der Waals surface area (Å²) in [6.07, 6.45) is 3.49. The van der Waals surface area contributed by atoms with Crippen molar-refractivity contribution in [2.45, 2.75) is 25.7 Å². The third kappa shape index (κ3) is 5.94. The molecule has 29 heavy (non-hydrogen) atoms. The molecule has 0 saturated heterocycles. The van der Waals surface area contributed by atoms with Crippen LogP contribution in [0.3, 0.4) is 0 Å². The number of nitrogens with zero attached hydrogens (tertiary/aromatic N) is 1. The van der Waals surface area contributed by atoms with Crippen molar-refractivity contribution in [3.8, 4) is 17.2 Å². The summed E-state index contributed by atoms with van der Waals surface area (Å²) in [4.78, 5) is 14.1. The first-order valence-electron chi connectivity index (χ1n) is 10.0. The zero-order chi connectivity index (χ0) is 20.6. The van der Waals surface area contributed by atoms with Gasteiger partial charge in [-0.05, 0) is 56.6 Å². The number of carbonyl (C=O) groups is 1. The maximum absolute atomic E-state index is 13.8. The Balaban J connectivity index is 1.39. The van der Waals surface area contributed by atoms with E-state index in [2.05, 4.69) is 17.0 Å². The summed E-state index contributed by atoms with van der Waals surface area (Å²) < 4.78 is 30.2. The van der Waals surface area contributed by atoms with Crippen molar-refractivity contribution >= 4 is 5.78 Å². The molecular formula is C23H28FNO4. The predicted molar refractivity (Wildman–Crippen MR) is 110 cm³/mol. The number of hydrogen-bond acceptors (Lipinski definition) is 5. The molecule has 0 amide bonds. The van der Waals surface area contributed by atoms with Gasteiger partial charge < -0.3 is 19.1 Å². The number of ketones is 1. The Morgan fingerprint density at radius 2 is 1.93 bits per heavy atom. The highest BCUT2D eigenvalue weighted by Gasteiger charge is 2.23. The zero-order valence-corrected chi connectivity index (χ0v) is 17.1. The minimum Gasteiger partial charge on any atom is -0.497 e. The predicted octanol–water partition coefficient (Wildman–Crippen LogP) is 4.13. The van der Waals surface area contributed by atoms with Gasteiger partial charge in [0.05, 0.1) is 19.3 Å². The van der Waals surface area contributed by atoms with Crippen LogP contribution in [0.25, 0.3) is 0 Å². The number of hydrogen-bond donors (Lipinski definition) is 0. The zero-order valence-electron chi connectivity index (χ0n) is 17.1. The molecule has 5 nitrogen and oxygen atoms in total. The molecule has 1 aliphatic rings. The number of methoxy groups -OCH3 is 1. The van der Waals surface area contributed by atoms with Crippen LogP contribution in [0.15, 0.2) is 36.4 Å². The summed E-state index contributed by atoms with van der Waals surface area (Å²) in [7, 11) is 3.71. The highest BCUT2D eigenvalue weighted by molar-refractivity contribution is 6.00. The third-order valence-corrected chi connectivity index (χ3v) is 5.04. The van der Waals surface area contributed by atoms with Crippen LogP contribution < -0.4 is 14.2 Å². The number of fused-ring (bicyclic) bond motifs is 1. The molecule has 0 N–H and O–H groups in total. The van der Waals surface area contributed by atoms with E-state index in [9.17, 15) is 9.18 Å². The molecule has 2 aromatic carbocycles. The average Bonchev–Trinajstić information content (AvgIpc) is 2.72. The summed E-state index contributed by atoms with van der Waals surface area (Å²) in [5.41, 5.74) is 1.58. The summed E-state index contributed by atoms with van der Waals surface area (Å²) in [6, 6.07) is 10.7. The SMILES string of the molecule is COc1ccc(CCCCN(C)CCOc2cc(F)cc3c2OCCC3=O)cc1. The third-order valence-electron chi connectivity index (χ3n) is 5.04. The fourth-order valence-corrected chi connectivity index (χ4v) is 3.34. The smallest absolute Gasteiger partial charge is 0.172 e. The minimum atomic E-state index is -0.482. The van der Waals surface area contributed by atoms with Gasteiger partial charge in [0.1, 0.15) is 18.2 Å². The Bertz CT molecular complexity index is 822. The molecule has 3 rings (SSSR count). The van der Waals surface area contributed by atoms with E-state index in [1.165, 1.54) is 17.7 Å². The van der Waals surface area contributed by atoms with E-state index in [0.29, 0.717) is 31.3 Å². The fraction of sp³-hybridized carbons (Fsp3) is 0.435. The standard InChI is InChI=1S/C23H28FNO4/c1-25(11-4-3-5-17-6-8-19(27-2)9-7-17)12-14-28-22-16-18(24)15-20-21(26)10-13-29-23(20)22/h6-9,15-16H,3-5,10-14H2,1-2H3. The van der Waals surface area contributed by atoms with Gasteiger partial charge in [-0.2, -0.15) is 0 Å². The molecule has 0 aliphatic carbocycles. The van der Waals surface area contributed by atoms with E-state index in [1.807, 2.05) is 19.2 Å². The largest absolute Gasteiger partial charge is 0.497 e. The van der Waals surface area contributed by atoms with Gasteiger partial charge in [-0.25, -0.2) is 4.39 Å².